The van der Waals surface area contributed by atoms with E-state index in [1.807, 2.05) is 0 Å². The molecule has 0 aromatic rings. The van der Waals surface area contributed by atoms with Crippen molar-refractivity contribution in [2.24, 2.45) is 29.6 Å². The Bertz CT molecular complexity index is 621. The molecule has 4 heteroatoms. The van der Waals surface area contributed by atoms with E-state index in [4.69, 9.17) is 4.74 Å². The number of nitrogens with zero attached hydrogens (tertiary/aromatic N) is 1. The Hall–Kier alpha value is -0.900. The highest BCUT2D eigenvalue weighted by atomic mass is 16.5. The van der Waals surface area contributed by atoms with Crippen LogP contribution in [-0.2, 0) is 14.3 Å². The maximum absolute atomic E-state index is 13.6. The molecule has 0 aromatic carbocycles. The number of fused-ring (bicyclic) bond motifs is 2. The normalized spacial score (nSPS) is 49.6. The molecule has 0 radical (unpaired) electrons. The quantitative estimate of drug-likeness (QED) is 0.773. The number of amides is 1. The first-order valence-electron chi connectivity index (χ1n) is 10.8. The van der Waals surface area contributed by atoms with E-state index in [0.717, 1.165) is 19.3 Å². The Morgan fingerprint density at radius 1 is 0.920 bits per heavy atom. The van der Waals surface area contributed by atoms with Crippen molar-refractivity contribution in [3.8, 4) is 0 Å². The minimum absolute atomic E-state index is 0.0217. The lowest BCUT2D eigenvalue weighted by molar-refractivity contribution is -0.202. The van der Waals surface area contributed by atoms with Gasteiger partial charge < -0.3 is 9.64 Å². The van der Waals surface area contributed by atoms with Crippen LogP contribution in [0, 0.1) is 29.6 Å². The van der Waals surface area contributed by atoms with Gasteiger partial charge in [0, 0.05) is 29.7 Å². The zero-order valence-electron chi connectivity index (χ0n) is 15.0. The molecule has 6 unspecified atom stereocenters. The highest BCUT2D eigenvalue weighted by molar-refractivity contribution is 5.98. The van der Waals surface area contributed by atoms with Gasteiger partial charge in [-0.05, 0) is 32.1 Å². The topological polar surface area (TPSA) is 46.6 Å². The predicted molar refractivity (Wildman–Crippen MR) is 91.5 cm³/mol. The molecule has 0 aromatic heterocycles. The summed E-state index contributed by atoms with van der Waals surface area (Å²) in [6.07, 6.45) is 13.0. The molecule has 25 heavy (non-hydrogen) atoms. The van der Waals surface area contributed by atoms with Crippen molar-refractivity contribution in [2.75, 3.05) is 0 Å². The molecule has 6 rings (SSSR count). The van der Waals surface area contributed by atoms with E-state index in [1.54, 1.807) is 0 Å². The standard InChI is InChI=1S/C21H29NO3/c23-18-14-11-15-17-16(14)20(24)22(13-9-5-2-6-10-13)21(17,25-19(15)18)12-7-3-1-4-8-12/h12-17,19H,1-11H2. The number of carbonyl (C=O) groups excluding carboxylic acids is 2. The van der Waals surface area contributed by atoms with Gasteiger partial charge >= 0.3 is 0 Å². The van der Waals surface area contributed by atoms with Crippen LogP contribution in [0.3, 0.4) is 0 Å². The Balaban J connectivity index is 1.47. The van der Waals surface area contributed by atoms with E-state index in [2.05, 4.69) is 4.90 Å². The van der Waals surface area contributed by atoms with Gasteiger partial charge in [0.2, 0.25) is 5.91 Å². The molecule has 2 heterocycles. The minimum Gasteiger partial charge on any atom is -0.344 e. The number of rotatable bonds is 2. The SMILES string of the molecule is O=C1C2CC3C1OC1(C4CCCCC4)C3C2C(=O)N1C1CCCCC1. The lowest BCUT2D eigenvalue weighted by Crippen LogP contribution is -2.59. The van der Waals surface area contributed by atoms with Crippen molar-refractivity contribution in [1.82, 2.24) is 4.90 Å². The summed E-state index contributed by atoms with van der Waals surface area (Å²) in [6.45, 7) is 0. The van der Waals surface area contributed by atoms with E-state index >= 15 is 0 Å². The molecule has 136 valence electrons. The van der Waals surface area contributed by atoms with Crippen LogP contribution >= 0.6 is 0 Å². The van der Waals surface area contributed by atoms with Crippen LogP contribution in [-0.4, -0.2) is 34.5 Å². The van der Waals surface area contributed by atoms with Gasteiger partial charge in [-0.15, -0.1) is 0 Å². The van der Waals surface area contributed by atoms with Crippen LogP contribution < -0.4 is 0 Å². The van der Waals surface area contributed by atoms with Gasteiger partial charge in [0.15, 0.2) is 11.5 Å². The van der Waals surface area contributed by atoms with E-state index in [1.165, 1.54) is 51.4 Å². The van der Waals surface area contributed by atoms with Crippen molar-refractivity contribution >= 4 is 11.7 Å². The molecule has 2 saturated heterocycles. The zero-order valence-corrected chi connectivity index (χ0v) is 15.0. The third-order valence-corrected chi connectivity index (χ3v) is 8.66. The maximum atomic E-state index is 13.6. The molecule has 0 spiro atoms. The van der Waals surface area contributed by atoms with Crippen LogP contribution in [0.2, 0.25) is 0 Å². The molecule has 2 aliphatic heterocycles. The lowest BCUT2D eigenvalue weighted by atomic mass is 9.70. The van der Waals surface area contributed by atoms with Crippen LogP contribution in [0.15, 0.2) is 0 Å². The van der Waals surface area contributed by atoms with Crippen molar-refractivity contribution in [3.63, 3.8) is 0 Å². The van der Waals surface area contributed by atoms with E-state index in [-0.39, 0.29) is 23.7 Å². The Labute approximate surface area is 149 Å². The van der Waals surface area contributed by atoms with E-state index in [9.17, 15) is 9.59 Å². The average Bonchev–Trinajstić information content (AvgIpc) is 3.32. The second-order valence-corrected chi connectivity index (χ2v) is 9.59. The minimum atomic E-state index is -0.416. The number of ketones is 1. The molecule has 1 amide bonds. The number of hydrogen-bond donors (Lipinski definition) is 0. The number of likely N-dealkylation sites (tertiary alicyclic amines) is 1. The second-order valence-electron chi connectivity index (χ2n) is 9.59. The highest BCUT2D eigenvalue weighted by Gasteiger charge is 2.80. The third kappa shape index (κ3) is 1.69. The molecule has 4 aliphatic carbocycles. The van der Waals surface area contributed by atoms with Gasteiger partial charge in [-0.1, -0.05) is 38.5 Å². The van der Waals surface area contributed by atoms with Crippen molar-refractivity contribution in [1.29, 1.82) is 0 Å². The summed E-state index contributed by atoms with van der Waals surface area (Å²) in [5.41, 5.74) is -0.416. The zero-order chi connectivity index (χ0) is 16.8. The number of hydrogen-bond acceptors (Lipinski definition) is 3. The van der Waals surface area contributed by atoms with E-state index in [0.29, 0.717) is 29.7 Å². The fourth-order valence-corrected chi connectivity index (χ4v) is 7.88. The second kappa shape index (κ2) is 5.09. The van der Waals surface area contributed by atoms with Crippen LogP contribution in [0.4, 0.5) is 0 Å². The number of ether oxygens (including phenoxy) is 1. The van der Waals surface area contributed by atoms with Gasteiger partial charge in [-0.2, -0.15) is 0 Å². The first-order chi connectivity index (χ1) is 12.2. The highest BCUT2D eigenvalue weighted by Crippen LogP contribution is 2.69. The molecule has 4 saturated carbocycles. The van der Waals surface area contributed by atoms with Crippen molar-refractivity contribution in [3.05, 3.63) is 0 Å². The largest absolute Gasteiger partial charge is 0.344 e. The molecule has 0 N–H and O–H groups in total. The maximum Gasteiger partial charge on any atom is 0.229 e. The summed E-state index contributed by atoms with van der Waals surface area (Å²) in [4.78, 5) is 28.6. The Morgan fingerprint density at radius 2 is 1.60 bits per heavy atom. The third-order valence-electron chi connectivity index (χ3n) is 8.66. The molecular formula is C21H29NO3. The summed E-state index contributed by atoms with van der Waals surface area (Å²) in [5, 5.41) is 0. The first kappa shape index (κ1) is 15.2. The van der Waals surface area contributed by atoms with Crippen LogP contribution in [0.5, 0.6) is 0 Å². The average molecular weight is 343 g/mol. The van der Waals surface area contributed by atoms with Crippen LogP contribution in [0.1, 0.15) is 70.6 Å². The van der Waals surface area contributed by atoms with Crippen molar-refractivity contribution in [2.45, 2.75) is 88.5 Å². The summed E-state index contributed by atoms with van der Waals surface area (Å²) < 4.78 is 6.76. The molecule has 6 fully saturated rings. The Morgan fingerprint density at radius 3 is 2.32 bits per heavy atom. The number of carbonyl (C=O) groups is 2. The van der Waals surface area contributed by atoms with Gasteiger partial charge in [0.1, 0.15) is 6.10 Å². The van der Waals surface area contributed by atoms with E-state index < -0.39 is 5.72 Å². The monoisotopic (exact) mass is 343 g/mol. The first-order valence-corrected chi connectivity index (χ1v) is 10.8. The Kier molecular flexibility index (Phi) is 3.09. The fourth-order valence-electron chi connectivity index (χ4n) is 7.88. The van der Waals surface area contributed by atoms with Gasteiger partial charge in [0.25, 0.3) is 0 Å². The summed E-state index contributed by atoms with van der Waals surface area (Å²) >= 11 is 0. The summed E-state index contributed by atoms with van der Waals surface area (Å²) in [6, 6.07) is 0.363. The molecule has 6 aliphatic rings. The summed E-state index contributed by atoms with van der Waals surface area (Å²) in [7, 11) is 0. The molecule has 6 atom stereocenters. The fraction of sp³-hybridized carbons (Fsp3) is 0.905. The molecular weight excluding hydrogens is 314 g/mol. The van der Waals surface area contributed by atoms with Gasteiger partial charge in [-0.25, -0.2) is 0 Å². The van der Waals surface area contributed by atoms with Crippen LogP contribution in [0.25, 0.3) is 0 Å². The summed E-state index contributed by atoms with van der Waals surface area (Å²) in [5.74, 6) is 1.60. The van der Waals surface area contributed by atoms with Gasteiger partial charge in [0.05, 0.1) is 5.92 Å². The smallest absolute Gasteiger partial charge is 0.229 e. The number of Topliss-reactive ketones (excluding diaryl/α,β-unsaturated/α-hetero) is 1. The predicted octanol–water partition coefficient (Wildman–Crippen LogP) is 3.29. The van der Waals surface area contributed by atoms with Crippen molar-refractivity contribution < 1.29 is 14.3 Å². The molecule has 2 bridgehead atoms. The molecule has 4 nitrogen and oxygen atoms in total. The van der Waals surface area contributed by atoms with Gasteiger partial charge in [-0.3, -0.25) is 9.59 Å². The lowest BCUT2D eigenvalue weighted by Gasteiger charge is -2.49.